The lowest BCUT2D eigenvalue weighted by Crippen LogP contribution is -2.34. The van der Waals surface area contributed by atoms with E-state index in [1.165, 1.54) is 6.39 Å². The van der Waals surface area contributed by atoms with Crippen molar-refractivity contribution in [1.82, 2.24) is 15.5 Å². The quantitative estimate of drug-likeness (QED) is 0.732. The van der Waals surface area contributed by atoms with Gasteiger partial charge in [-0.15, -0.1) is 10.2 Å². The third kappa shape index (κ3) is 2.05. The predicted molar refractivity (Wildman–Crippen MR) is 45.0 cm³/mol. The number of ether oxygens (including phenoxy) is 1. The predicted octanol–water partition coefficient (Wildman–Crippen LogP) is 0.337. The average Bonchev–Trinajstić information content (AvgIpc) is 2.72. The van der Waals surface area contributed by atoms with Gasteiger partial charge in [-0.05, 0) is 13.3 Å². The van der Waals surface area contributed by atoms with Crippen molar-refractivity contribution < 1.29 is 9.15 Å². The molecule has 2 atom stereocenters. The summed E-state index contributed by atoms with van der Waals surface area (Å²) in [4.78, 5) is 0. The molecule has 0 saturated carbocycles. The van der Waals surface area contributed by atoms with Crippen LogP contribution in [0.4, 0.5) is 0 Å². The van der Waals surface area contributed by atoms with Crippen LogP contribution >= 0.6 is 0 Å². The molecule has 0 amide bonds. The zero-order chi connectivity index (χ0) is 9.10. The van der Waals surface area contributed by atoms with E-state index in [1.807, 2.05) is 0 Å². The van der Waals surface area contributed by atoms with Crippen LogP contribution in [0.5, 0.6) is 0 Å². The zero-order valence-electron chi connectivity index (χ0n) is 7.56. The molecule has 1 saturated heterocycles. The second kappa shape index (κ2) is 3.85. The fraction of sp³-hybridized carbons (Fsp3) is 0.750. The second-order valence-electron chi connectivity index (χ2n) is 3.18. The first-order valence-electron chi connectivity index (χ1n) is 4.46. The van der Waals surface area contributed by atoms with Crippen LogP contribution in [0, 0.1) is 0 Å². The van der Waals surface area contributed by atoms with Crippen LogP contribution in [-0.4, -0.2) is 29.0 Å². The van der Waals surface area contributed by atoms with Gasteiger partial charge < -0.3 is 14.5 Å². The number of nitrogens with zero attached hydrogens (tertiary/aromatic N) is 2. The maximum absolute atomic E-state index is 5.41. The van der Waals surface area contributed by atoms with Crippen molar-refractivity contribution in [2.75, 3.05) is 6.61 Å². The molecule has 72 valence electrons. The van der Waals surface area contributed by atoms with E-state index in [1.54, 1.807) is 0 Å². The molecular weight excluding hydrogens is 170 g/mol. The van der Waals surface area contributed by atoms with Crippen LogP contribution in [0.3, 0.4) is 0 Å². The Morgan fingerprint density at radius 1 is 1.69 bits per heavy atom. The molecule has 1 aromatic rings. The summed E-state index contributed by atoms with van der Waals surface area (Å²) in [6, 6.07) is 0.409. The first kappa shape index (κ1) is 8.65. The highest BCUT2D eigenvalue weighted by Crippen LogP contribution is 2.12. The fourth-order valence-corrected chi connectivity index (χ4v) is 1.49. The first-order valence-corrected chi connectivity index (χ1v) is 4.46. The van der Waals surface area contributed by atoms with Gasteiger partial charge >= 0.3 is 0 Å². The third-order valence-electron chi connectivity index (χ3n) is 2.30. The SMILES string of the molecule is CC1OCCC1NCc1nnco1. The summed E-state index contributed by atoms with van der Waals surface area (Å²) < 4.78 is 10.4. The molecule has 0 aliphatic carbocycles. The molecule has 1 aliphatic heterocycles. The van der Waals surface area contributed by atoms with Gasteiger partial charge in [0.05, 0.1) is 12.6 Å². The van der Waals surface area contributed by atoms with E-state index in [4.69, 9.17) is 9.15 Å². The molecule has 5 heteroatoms. The molecule has 2 unspecified atom stereocenters. The molecule has 13 heavy (non-hydrogen) atoms. The average molecular weight is 183 g/mol. The number of aromatic nitrogens is 2. The van der Waals surface area contributed by atoms with Gasteiger partial charge in [0.25, 0.3) is 0 Å². The molecule has 5 nitrogen and oxygen atoms in total. The van der Waals surface area contributed by atoms with E-state index in [-0.39, 0.29) is 6.10 Å². The fourth-order valence-electron chi connectivity index (χ4n) is 1.49. The van der Waals surface area contributed by atoms with Crippen molar-refractivity contribution in [3.8, 4) is 0 Å². The lowest BCUT2D eigenvalue weighted by atomic mass is 10.1. The molecule has 2 heterocycles. The van der Waals surface area contributed by atoms with E-state index in [9.17, 15) is 0 Å². The van der Waals surface area contributed by atoms with Crippen LogP contribution in [0.2, 0.25) is 0 Å². The van der Waals surface area contributed by atoms with E-state index >= 15 is 0 Å². The van der Waals surface area contributed by atoms with E-state index in [0.717, 1.165) is 13.0 Å². The van der Waals surface area contributed by atoms with Gasteiger partial charge in [0.2, 0.25) is 12.3 Å². The molecule has 1 N–H and O–H groups in total. The Morgan fingerprint density at radius 2 is 2.62 bits per heavy atom. The van der Waals surface area contributed by atoms with Crippen LogP contribution in [0.25, 0.3) is 0 Å². The highest BCUT2D eigenvalue weighted by atomic mass is 16.5. The summed E-state index contributed by atoms with van der Waals surface area (Å²) in [7, 11) is 0. The van der Waals surface area contributed by atoms with Gasteiger partial charge in [-0.3, -0.25) is 0 Å². The van der Waals surface area contributed by atoms with Crippen molar-refractivity contribution in [2.45, 2.75) is 32.0 Å². The van der Waals surface area contributed by atoms with Crippen LogP contribution in [0.15, 0.2) is 10.8 Å². The molecule has 1 aliphatic rings. The van der Waals surface area contributed by atoms with Crippen molar-refractivity contribution in [3.63, 3.8) is 0 Å². The number of hydrogen-bond donors (Lipinski definition) is 1. The Kier molecular flexibility index (Phi) is 2.56. The normalized spacial score (nSPS) is 28.1. The van der Waals surface area contributed by atoms with Crippen LogP contribution < -0.4 is 5.32 Å². The maximum atomic E-state index is 5.41. The van der Waals surface area contributed by atoms with Gasteiger partial charge in [0.1, 0.15) is 0 Å². The van der Waals surface area contributed by atoms with Crippen molar-refractivity contribution in [3.05, 3.63) is 12.3 Å². The molecule has 1 fully saturated rings. The van der Waals surface area contributed by atoms with Gasteiger partial charge in [0.15, 0.2) is 0 Å². The van der Waals surface area contributed by atoms with Crippen molar-refractivity contribution in [2.24, 2.45) is 0 Å². The van der Waals surface area contributed by atoms with Gasteiger partial charge in [-0.1, -0.05) is 0 Å². The summed E-state index contributed by atoms with van der Waals surface area (Å²) >= 11 is 0. The molecular formula is C8H13N3O2. The summed E-state index contributed by atoms with van der Waals surface area (Å²) in [5.41, 5.74) is 0. The summed E-state index contributed by atoms with van der Waals surface area (Å²) in [5.74, 6) is 0.624. The second-order valence-corrected chi connectivity index (χ2v) is 3.18. The zero-order valence-corrected chi connectivity index (χ0v) is 7.56. The maximum Gasteiger partial charge on any atom is 0.229 e. The highest BCUT2D eigenvalue weighted by molar-refractivity contribution is 4.81. The molecule has 2 rings (SSSR count). The van der Waals surface area contributed by atoms with E-state index in [2.05, 4.69) is 22.4 Å². The Labute approximate surface area is 76.5 Å². The number of hydrogen-bond acceptors (Lipinski definition) is 5. The first-order chi connectivity index (χ1) is 6.36. The number of nitrogens with one attached hydrogen (secondary N) is 1. The molecule has 0 radical (unpaired) electrons. The lowest BCUT2D eigenvalue weighted by Gasteiger charge is -2.13. The minimum absolute atomic E-state index is 0.280. The van der Waals surface area contributed by atoms with E-state index < -0.39 is 0 Å². The van der Waals surface area contributed by atoms with Crippen LogP contribution in [-0.2, 0) is 11.3 Å². The standard InChI is InChI=1S/C8H13N3O2/c1-6-7(2-3-12-6)9-4-8-11-10-5-13-8/h5-7,9H,2-4H2,1H3. The minimum atomic E-state index is 0.280. The Hall–Kier alpha value is -0.940. The van der Waals surface area contributed by atoms with Crippen molar-refractivity contribution >= 4 is 0 Å². The summed E-state index contributed by atoms with van der Waals surface area (Å²) in [5, 5.41) is 10.7. The topological polar surface area (TPSA) is 60.2 Å². The Bertz CT molecular complexity index is 250. The smallest absolute Gasteiger partial charge is 0.229 e. The highest BCUT2D eigenvalue weighted by Gasteiger charge is 2.23. The minimum Gasteiger partial charge on any atom is -0.427 e. The van der Waals surface area contributed by atoms with Gasteiger partial charge in [0, 0.05) is 12.6 Å². The number of rotatable bonds is 3. The Morgan fingerprint density at radius 3 is 3.23 bits per heavy atom. The van der Waals surface area contributed by atoms with Crippen LogP contribution in [0.1, 0.15) is 19.2 Å². The summed E-state index contributed by atoms with van der Waals surface area (Å²) in [6.45, 7) is 3.53. The summed E-state index contributed by atoms with van der Waals surface area (Å²) in [6.07, 6.45) is 2.67. The van der Waals surface area contributed by atoms with Crippen molar-refractivity contribution in [1.29, 1.82) is 0 Å². The third-order valence-corrected chi connectivity index (χ3v) is 2.30. The largest absolute Gasteiger partial charge is 0.427 e. The lowest BCUT2D eigenvalue weighted by molar-refractivity contribution is 0.112. The Balaban J connectivity index is 1.79. The van der Waals surface area contributed by atoms with Gasteiger partial charge in [-0.2, -0.15) is 0 Å². The molecule has 0 spiro atoms. The van der Waals surface area contributed by atoms with Gasteiger partial charge in [-0.25, -0.2) is 0 Å². The monoisotopic (exact) mass is 183 g/mol. The molecule has 0 bridgehead atoms. The molecule has 1 aromatic heterocycles. The van der Waals surface area contributed by atoms with E-state index in [0.29, 0.717) is 18.5 Å². The molecule has 0 aromatic carbocycles.